The highest BCUT2D eigenvalue weighted by Crippen LogP contribution is 2.23. The lowest BCUT2D eigenvalue weighted by atomic mass is 10.1. The summed E-state index contributed by atoms with van der Waals surface area (Å²) < 4.78 is 19.6. The van der Waals surface area contributed by atoms with Gasteiger partial charge in [0, 0.05) is 49.6 Å². The van der Waals surface area contributed by atoms with Gasteiger partial charge in [0.25, 0.3) is 5.91 Å². The van der Waals surface area contributed by atoms with Gasteiger partial charge in [0.15, 0.2) is 11.7 Å². The molecule has 4 rings (SSSR count). The van der Waals surface area contributed by atoms with Crippen molar-refractivity contribution in [2.24, 2.45) is 0 Å². The zero-order valence-corrected chi connectivity index (χ0v) is 17.5. The van der Waals surface area contributed by atoms with Gasteiger partial charge >= 0.3 is 0 Å². The highest BCUT2D eigenvalue weighted by molar-refractivity contribution is 6.30. The average molecular weight is 442 g/mol. The van der Waals surface area contributed by atoms with Crippen molar-refractivity contribution in [1.82, 2.24) is 14.8 Å². The van der Waals surface area contributed by atoms with Crippen LogP contribution in [0.3, 0.4) is 0 Å². The molecule has 1 saturated heterocycles. The molecule has 1 fully saturated rings. The molecule has 2 aromatic carbocycles. The normalized spacial score (nSPS) is 14.0. The quantitative estimate of drug-likeness (QED) is 0.599. The number of halogens is 2. The molecule has 0 saturated carbocycles. The van der Waals surface area contributed by atoms with Gasteiger partial charge in [-0.05, 0) is 36.4 Å². The Morgan fingerprint density at radius 2 is 1.68 bits per heavy atom. The largest absolute Gasteiger partial charge is 0.441 e. The first kappa shape index (κ1) is 21.1. The number of hydrogen-bond donors (Lipinski definition) is 0. The van der Waals surface area contributed by atoms with Crippen molar-refractivity contribution in [3.05, 3.63) is 77.0 Å². The van der Waals surface area contributed by atoms with Gasteiger partial charge in [-0.15, -0.1) is 0 Å². The van der Waals surface area contributed by atoms with Gasteiger partial charge in [-0.1, -0.05) is 23.7 Å². The third kappa shape index (κ3) is 4.94. The molecular formula is C23H21ClFN3O3. The second-order valence-electron chi connectivity index (χ2n) is 7.28. The second kappa shape index (κ2) is 9.31. The van der Waals surface area contributed by atoms with E-state index < -0.39 is 5.82 Å². The van der Waals surface area contributed by atoms with Gasteiger partial charge in [-0.3, -0.25) is 9.59 Å². The molecule has 0 unspecified atom stereocenters. The molecular weight excluding hydrogens is 421 g/mol. The number of aromatic nitrogens is 1. The van der Waals surface area contributed by atoms with Crippen molar-refractivity contribution < 1.29 is 18.4 Å². The van der Waals surface area contributed by atoms with E-state index >= 15 is 0 Å². The van der Waals surface area contributed by atoms with E-state index in [9.17, 15) is 14.0 Å². The Morgan fingerprint density at radius 1 is 1.00 bits per heavy atom. The lowest BCUT2D eigenvalue weighted by Crippen LogP contribution is -2.50. The van der Waals surface area contributed by atoms with E-state index in [1.54, 1.807) is 40.3 Å². The third-order valence-corrected chi connectivity index (χ3v) is 5.51. The Hall–Kier alpha value is -3.19. The van der Waals surface area contributed by atoms with Crippen LogP contribution in [0.25, 0.3) is 11.3 Å². The van der Waals surface area contributed by atoms with Crippen LogP contribution in [0.15, 0.2) is 59.1 Å². The van der Waals surface area contributed by atoms with Crippen LogP contribution >= 0.6 is 11.6 Å². The van der Waals surface area contributed by atoms with Crippen molar-refractivity contribution >= 4 is 23.4 Å². The van der Waals surface area contributed by atoms with E-state index in [1.807, 2.05) is 12.1 Å². The minimum absolute atomic E-state index is 0.0239. The van der Waals surface area contributed by atoms with Crippen LogP contribution in [0.1, 0.15) is 22.7 Å². The Balaban J connectivity index is 1.27. The molecule has 0 radical (unpaired) electrons. The lowest BCUT2D eigenvalue weighted by molar-refractivity contribution is -0.132. The van der Waals surface area contributed by atoms with E-state index in [0.717, 1.165) is 5.56 Å². The Bertz CT molecular complexity index is 1080. The molecule has 2 heterocycles. The number of oxazole rings is 1. The summed E-state index contributed by atoms with van der Waals surface area (Å²) in [5.41, 5.74) is 0.924. The maximum Gasteiger partial charge on any atom is 0.256 e. The number of rotatable bonds is 5. The first-order valence-electron chi connectivity index (χ1n) is 10.0. The summed E-state index contributed by atoms with van der Waals surface area (Å²) in [6.45, 7) is 1.58. The molecule has 0 spiro atoms. The number of hydrogen-bond acceptors (Lipinski definition) is 4. The zero-order chi connectivity index (χ0) is 21.8. The summed E-state index contributed by atoms with van der Waals surface area (Å²) in [4.78, 5) is 32.6. The van der Waals surface area contributed by atoms with E-state index in [2.05, 4.69) is 4.98 Å². The van der Waals surface area contributed by atoms with Crippen LogP contribution in [0, 0.1) is 5.82 Å². The number of aryl methyl sites for hydroxylation is 1. The molecule has 8 heteroatoms. The average Bonchev–Trinajstić information content (AvgIpc) is 3.27. The smallest absolute Gasteiger partial charge is 0.256 e. The minimum atomic E-state index is -0.532. The summed E-state index contributed by atoms with van der Waals surface area (Å²) >= 11 is 5.90. The van der Waals surface area contributed by atoms with E-state index in [4.69, 9.17) is 16.0 Å². The molecule has 2 amide bonds. The Labute approximate surface area is 184 Å². The van der Waals surface area contributed by atoms with Gasteiger partial charge in [0.1, 0.15) is 5.82 Å². The number of carbonyl (C=O) groups excluding carboxylic acids is 2. The summed E-state index contributed by atoms with van der Waals surface area (Å²) in [7, 11) is 0. The molecule has 6 nitrogen and oxygen atoms in total. The lowest BCUT2D eigenvalue weighted by Gasteiger charge is -2.34. The molecule has 0 N–H and O–H groups in total. The summed E-state index contributed by atoms with van der Waals surface area (Å²) in [5, 5.41) is 0.643. The predicted octanol–water partition coefficient (Wildman–Crippen LogP) is 4.05. The van der Waals surface area contributed by atoms with Crippen LogP contribution in [0.5, 0.6) is 0 Å². The molecule has 1 aromatic heterocycles. The molecule has 0 bridgehead atoms. The number of benzene rings is 2. The van der Waals surface area contributed by atoms with Crippen LogP contribution in [-0.4, -0.2) is 52.8 Å². The van der Waals surface area contributed by atoms with Crippen LogP contribution in [0.4, 0.5) is 4.39 Å². The first-order valence-corrected chi connectivity index (χ1v) is 10.4. The topological polar surface area (TPSA) is 66.7 Å². The molecule has 160 valence electrons. The Morgan fingerprint density at radius 3 is 2.39 bits per heavy atom. The second-order valence-corrected chi connectivity index (χ2v) is 7.71. The summed E-state index contributed by atoms with van der Waals surface area (Å²) in [6.07, 6.45) is 2.29. The van der Waals surface area contributed by atoms with Crippen molar-refractivity contribution in [2.45, 2.75) is 12.8 Å². The Kier molecular flexibility index (Phi) is 6.32. The van der Waals surface area contributed by atoms with Crippen LogP contribution in [-0.2, 0) is 11.2 Å². The van der Waals surface area contributed by atoms with Gasteiger partial charge in [-0.25, -0.2) is 9.37 Å². The first-order chi connectivity index (χ1) is 15.0. The van der Waals surface area contributed by atoms with Crippen molar-refractivity contribution in [2.75, 3.05) is 26.2 Å². The van der Waals surface area contributed by atoms with Gasteiger partial charge in [0.05, 0.1) is 11.8 Å². The molecule has 31 heavy (non-hydrogen) atoms. The number of carbonyl (C=O) groups is 2. The summed E-state index contributed by atoms with van der Waals surface area (Å²) in [6, 6.07) is 13.2. The molecule has 1 aliphatic rings. The molecule has 0 aliphatic carbocycles. The zero-order valence-electron chi connectivity index (χ0n) is 16.8. The fourth-order valence-electron chi connectivity index (χ4n) is 3.51. The molecule has 3 aromatic rings. The van der Waals surface area contributed by atoms with E-state index in [1.165, 1.54) is 12.1 Å². The highest BCUT2D eigenvalue weighted by Gasteiger charge is 2.26. The fraction of sp³-hybridized carbons (Fsp3) is 0.261. The highest BCUT2D eigenvalue weighted by atomic mass is 35.5. The number of nitrogens with zero attached hydrogens (tertiary/aromatic N) is 3. The summed E-state index contributed by atoms with van der Waals surface area (Å²) in [5.74, 6) is 0.213. The van der Waals surface area contributed by atoms with Gasteiger partial charge in [-0.2, -0.15) is 0 Å². The predicted molar refractivity (Wildman–Crippen MR) is 114 cm³/mol. The third-order valence-electron chi connectivity index (χ3n) is 5.26. The van der Waals surface area contributed by atoms with E-state index in [-0.39, 0.29) is 23.8 Å². The monoisotopic (exact) mass is 441 g/mol. The maximum atomic E-state index is 13.9. The van der Waals surface area contributed by atoms with Crippen LogP contribution in [0.2, 0.25) is 5.02 Å². The number of amides is 2. The van der Waals surface area contributed by atoms with Crippen molar-refractivity contribution in [3.8, 4) is 11.3 Å². The minimum Gasteiger partial charge on any atom is -0.441 e. The standard InChI is InChI=1S/C23H21ClFN3O3/c24-17-7-5-16(6-8-17)20-15-26-21(31-20)9-10-22(29)27-11-13-28(14-12-27)23(30)18-3-1-2-4-19(18)25/h1-8,15H,9-14H2. The van der Waals surface area contributed by atoms with Gasteiger partial charge < -0.3 is 14.2 Å². The maximum absolute atomic E-state index is 13.9. The molecule has 1 aliphatic heterocycles. The van der Waals surface area contributed by atoms with Gasteiger partial charge in [0.2, 0.25) is 5.91 Å². The van der Waals surface area contributed by atoms with Crippen molar-refractivity contribution in [1.29, 1.82) is 0 Å². The number of piperazine rings is 1. The molecule has 0 atom stereocenters. The van der Waals surface area contributed by atoms with Crippen LogP contribution < -0.4 is 0 Å². The van der Waals surface area contributed by atoms with Crippen molar-refractivity contribution in [3.63, 3.8) is 0 Å². The SMILES string of the molecule is O=C(CCc1ncc(-c2ccc(Cl)cc2)o1)N1CCN(C(=O)c2ccccc2F)CC1. The fourth-order valence-corrected chi connectivity index (χ4v) is 3.64. The van der Waals surface area contributed by atoms with E-state index in [0.29, 0.717) is 49.3 Å².